The number of piperidine rings is 1. The van der Waals surface area contributed by atoms with E-state index in [1.807, 2.05) is 18.2 Å². The minimum Gasteiger partial charge on any atom is -0.481 e. The number of pyridine rings is 2. The number of carbonyl (C=O) groups is 1. The predicted octanol–water partition coefficient (Wildman–Crippen LogP) is 3.29. The van der Waals surface area contributed by atoms with Crippen LogP contribution in [0.4, 0.5) is 4.79 Å². The second-order valence-electron chi connectivity index (χ2n) is 8.86. The van der Waals surface area contributed by atoms with Gasteiger partial charge in [0, 0.05) is 56.3 Å². The van der Waals surface area contributed by atoms with Crippen LogP contribution in [0.2, 0.25) is 0 Å². The Bertz CT molecular complexity index is 1350. The molecular formula is C26H28N4O6. The van der Waals surface area contributed by atoms with E-state index in [1.54, 1.807) is 35.9 Å². The number of benzene rings is 1. The zero-order valence-electron chi connectivity index (χ0n) is 20.0. The van der Waals surface area contributed by atoms with Crippen molar-refractivity contribution in [3.05, 3.63) is 70.9 Å². The molecule has 0 saturated carbocycles. The fraction of sp³-hybridized carbons (Fsp3) is 0.346. The van der Waals surface area contributed by atoms with Gasteiger partial charge in [0.25, 0.3) is 5.56 Å². The molecule has 36 heavy (non-hydrogen) atoms. The third-order valence-corrected chi connectivity index (χ3v) is 6.71. The molecule has 10 heteroatoms. The predicted molar refractivity (Wildman–Crippen MR) is 132 cm³/mol. The Kier molecular flexibility index (Phi) is 6.77. The number of fused-ring (bicyclic) bond motifs is 2. The van der Waals surface area contributed by atoms with Gasteiger partial charge in [0.2, 0.25) is 5.88 Å². The van der Waals surface area contributed by atoms with E-state index in [0.29, 0.717) is 36.1 Å². The molecule has 0 spiro atoms. The van der Waals surface area contributed by atoms with Gasteiger partial charge in [0.15, 0.2) is 11.5 Å². The molecule has 1 saturated heterocycles. The van der Waals surface area contributed by atoms with Crippen LogP contribution in [-0.2, 0) is 13.1 Å². The molecule has 0 atom stereocenters. The molecule has 0 unspecified atom stereocenters. The number of amides is 1. The summed E-state index contributed by atoms with van der Waals surface area (Å²) in [5, 5.41) is 10.8. The Morgan fingerprint density at radius 1 is 1.08 bits per heavy atom. The van der Waals surface area contributed by atoms with Crippen molar-refractivity contribution in [2.24, 2.45) is 0 Å². The minimum absolute atomic E-state index is 0.0851. The van der Waals surface area contributed by atoms with Crippen LogP contribution in [0.25, 0.3) is 11.0 Å². The third kappa shape index (κ3) is 4.99. The molecule has 5 rings (SSSR count). The van der Waals surface area contributed by atoms with Gasteiger partial charge in [-0.05, 0) is 42.7 Å². The molecule has 1 N–H and O–H groups in total. The zero-order chi connectivity index (χ0) is 25.1. The highest BCUT2D eigenvalue weighted by atomic mass is 16.5. The second-order valence-corrected chi connectivity index (χ2v) is 8.86. The maximum atomic E-state index is 12.6. The molecule has 1 amide bonds. The van der Waals surface area contributed by atoms with E-state index in [0.717, 1.165) is 36.9 Å². The van der Waals surface area contributed by atoms with Crippen molar-refractivity contribution in [3.8, 4) is 17.4 Å². The van der Waals surface area contributed by atoms with Crippen molar-refractivity contribution >= 4 is 17.1 Å². The van der Waals surface area contributed by atoms with Crippen molar-refractivity contribution in [3.63, 3.8) is 0 Å². The van der Waals surface area contributed by atoms with Crippen molar-refractivity contribution in [1.82, 2.24) is 19.4 Å². The van der Waals surface area contributed by atoms with Gasteiger partial charge in [-0.1, -0.05) is 6.07 Å². The van der Waals surface area contributed by atoms with E-state index in [-0.39, 0.29) is 18.1 Å². The van der Waals surface area contributed by atoms with Crippen LogP contribution in [0.3, 0.4) is 0 Å². The molecule has 0 radical (unpaired) electrons. The number of nitrogens with zero attached hydrogens (tertiary/aromatic N) is 4. The first-order chi connectivity index (χ1) is 17.5. The van der Waals surface area contributed by atoms with E-state index < -0.39 is 6.09 Å². The molecular weight excluding hydrogens is 464 g/mol. The Hall–Kier alpha value is -4.05. The average molecular weight is 493 g/mol. The van der Waals surface area contributed by atoms with E-state index in [4.69, 9.17) is 14.2 Å². The molecule has 0 aliphatic carbocycles. The Morgan fingerprint density at radius 2 is 1.83 bits per heavy atom. The van der Waals surface area contributed by atoms with Crippen molar-refractivity contribution in [2.45, 2.75) is 32.0 Å². The van der Waals surface area contributed by atoms with E-state index in [1.165, 1.54) is 17.4 Å². The third-order valence-electron chi connectivity index (χ3n) is 6.71. The van der Waals surface area contributed by atoms with Gasteiger partial charge in [-0.2, -0.15) is 4.98 Å². The summed E-state index contributed by atoms with van der Waals surface area (Å²) in [6.45, 7) is 2.94. The highest BCUT2D eigenvalue weighted by Crippen LogP contribution is 2.32. The monoisotopic (exact) mass is 492 g/mol. The molecule has 1 fully saturated rings. The Balaban J connectivity index is 1.21. The van der Waals surface area contributed by atoms with E-state index in [9.17, 15) is 14.7 Å². The average Bonchev–Trinajstić information content (AvgIpc) is 2.91. The number of likely N-dealkylation sites (tertiary alicyclic amines) is 1. The molecule has 1 aromatic carbocycles. The lowest BCUT2D eigenvalue weighted by molar-refractivity contribution is 0.0856. The highest BCUT2D eigenvalue weighted by Gasteiger charge is 2.28. The summed E-state index contributed by atoms with van der Waals surface area (Å²) in [4.78, 5) is 32.9. The molecule has 2 aliphatic heterocycles. The topological polar surface area (TPSA) is 106 Å². The van der Waals surface area contributed by atoms with Crippen LogP contribution >= 0.6 is 0 Å². The first-order valence-corrected chi connectivity index (χ1v) is 11.9. The minimum atomic E-state index is -0.939. The second kappa shape index (κ2) is 10.3. The van der Waals surface area contributed by atoms with Gasteiger partial charge in [0.05, 0.1) is 7.11 Å². The quantitative estimate of drug-likeness (QED) is 0.536. The SMILES string of the molecule is COc1ccc2ccc(=O)n(CCN3CCC(N(Cc4ccc5c(c4)OC=CO5)C(=O)O)CC3)c2n1. The van der Waals surface area contributed by atoms with Crippen LogP contribution in [0, 0.1) is 0 Å². The Morgan fingerprint density at radius 3 is 2.58 bits per heavy atom. The fourth-order valence-corrected chi connectivity index (χ4v) is 4.76. The summed E-state index contributed by atoms with van der Waals surface area (Å²) in [5.74, 6) is 1.65. The molecule has 2 aromatic heterocycles. The van der Waals surface area contributed by atoms with Gasteiger partial charge in [0.1, 0.15) is 18.2 Å². The van der Waals surface area contributed by atoms with Gasteiger partial charge >= 0.3 is 6.09 Å². The van der Waals surface area contributed by atoms with Gasteiger partial charge in [-0.15, -0.1) is 0 Å². The Labute approximate surface area is 207 Å². The maximum Gasteiger partial charge on any atom is 0.407 e. The van der Waals surface area contributed by atoms with Gasteiger partial charge in [-0.3, -0.25) is 9.36 Å². The first kappa shape index (κ1) is 23.7. The van der Waals surface area contributed by atoms with Crippen molar-refractivity contribution in [1.29, 1.82) is 0 Å². The lowest BCUT2D eigenvalue weighted by Crippen LogP contribution is -2.47. The maximum absolute atomic E-state index is 12.6. The summed E-state index contributed by atoms with van der Waals surface area (Å²) in [6.07, 6.45) is 3.41. The number of aromatic nitrogens is 2. The molecule has 3 aromatic rings. The molecule has 2 aliphatic rings. The number of carboxylic acid groups (broad SMARTS) is 1. The smallest absolute Gasteiger partial charge is 0.407 e. The number of ether oxygens (including phenoxy) is 3. The standard InChI is InChI=1S/C26H28N4O6/c1-34-23-6-3-19-4-7-24(31)29(25(19)27-23)13-12-28-10-8-20(9-11-28)30(26(32)33)17-18-2-5-21-22(16-18)36-15-14-35-21/h2-7,14-16,20H,8-13,17H2,1H3,(H,32,33). The van der Waals surface area contributed by atoms with Gasteiger partial charge in [-0.25, -0.2) is 4.79 Å². The molecule has 4 heterocycles. The highest BCUT2D eigenvalue weighted by molar-refractivity contribution is 5.75. The number of hydrogen-bond acceptors (Lipinski definition) is 7. The van der Waals surface area contributed by atoms with Crippen LogP contribution in [0.15, 0.2) is 59.8 Å². The number of methoxy groups -OCH3 is 1. The lowest BCUT2D eigenvalue weighted by atomic mass is 10.0. The summed E-state index contributed by atoms with van der Waals surface area (Å²) < 4.78 is 17.7. The van der Waals surface area contributed by atoms with Crippen molar-refractivity contribution < 1.29 is 24.1 Å². The molecule has 10 nitrogen and oxygen atoms in total. The van der Waals surface area contributed by atoms with Crippen molar-refractivity contribution in [2.75, 3.05) is 26.7 Å². The zero-order valence-corrected chi connectivity index (χ0v) is 20.0. The van der Waals surface area contributed by atoms with Crippen LogP contribution in [0.1, 0.15) is 18.4 Å². The van der Waals surface area contributed by atoms with Crippen LogP contribution < -0.4 is 19.8 Å². The van der Waals surface area contributed by atoms with E-state index in [2.05, 4.69) is 9.88 Å². The van der Waals surface area contributed by atoms with Crippen LogP contribution in [-0.4, -0.2) is 63.3 Å². The first-order valence-electron chi connectivity index (χ1n) is 11.9. The normalized spacial score (nSPS) is 15.7. The fourth-order valence-electron chi connectivity index (χ4n) is 4.76. The van der Waals surface area contributed by atoms with Gasteiger partial charge < -0.3 is 29.1 Å². The summed E-state index contributed by atoms with van der Waals surface area (Å²) >= 11 is 0. The van der Waals surface area contributed by atoms with Crippen LogP contribution in [0.5, 0.6) is 17.4 Å². The number of hydrogen-bond donors (Lipinski definition) is 1. The summed E-state index contributed by atoms with van der Waals surface area (Å²) in [7, 11) is 1.55. The summed E-state index contributed by atoms with van der Waals surface area (Å²) in [5.41, 5.74) is 1.34. The summed E-state index contributed by atoms with van der Waals surface area (Å²) in [6, 6.07) is 12.4. The largest absolute Gasteiger partial charge is 0.481 e. The molecule has 188 valence electrons. The lowest BCUT2D eigenvalue weighted by Gasteiger charge is -2.37. The number of rotatable bonds is 7. The van der Waals surface area contributed by atoms with E-state index >= 15 is 0 Å². The molecule has 0 bridgehead atoms.